The predicted octanol–water partition coefficient (Wildman–Crippen LogP) is 2.12. The summed E-state index contributed by atoms with van der Waals surface area (Å²) in [7, 11) is 0. The second-order valence-corrected chi connectivity index (χ2v) is 6.09. The number of carbonyl (C=O) groups is 1. The van der Waals surface area contributed by atoms with Crippen LogP contribution in [0.1, 0.15) is 18.4 Å². The maximum Gasteiger partial charge on any atom is 0.238 e. The highest BCUT2D eigenvalue weighted by Crippen LogP contribution is 2.19. The number of carbonyl (C=O) groups excluding carboxylic acids is 1. The zero-order valence-corrected chi connectivity index (χ0v) is 12.7. The molecule has 1 aliphatic rings. The van der Waals surface area contributed by atoms with Crippen molar-refractivity contribution >= 4 is 27.5 Å². The molecule has 1 fully saturated rings. The van der Waals surface area contributed by atoms with Crippen molar-refractivity contribution in [3.8, 4) is 0 Å². The average molecular weight is 326 g/mol. The quantitative estimate of drug-likeness (QED) is 0.894. The number of halogens is 1. The van der Waals surface area contributed by atoms with Crippen molar-refractivity contribution in [3.05, 3.63) is 28.2 Å². The Morgan fingerprint density at radius 1 is 1.42 bits per heavy atom. The zero-order chi connectivity index (χ0) is 13.8. The molecule has 104 valence electrons. The maximum absolute atomic E-state index is 12.0. The summed E-state index contributed by atoms with van der Waals surface area (Å²) < 4.78 is 0.978. The molecule has 3 N–H and O–H groups in total. The van der Waals surface area contributed by atoms with Crippen molar-refractivity contribution in [1.82, 2.24) is 4.90 Å². The van der Waals surface area contributed by atoms with Gasteiger partial charge in [0, 0.05) is 29.3 Å². The molecule has 19 heavy (non-hydrogen) atoms. The van der Waals surface area contributed by atoms with Gasteiger partial charge in [-0.15, -0.1) is 0 Å². The molecule has 4 nitrogen and oxygen atoms in total. The first-order valence-corrected chi connectivity index (χ1v) is 7.37. The molecule has 1 heterocycles. The van der Waals surface area contributed by atoms with Crippen molar-refractivity contribution < 1.29 is 4.79 Å². The fourth-order valence-electron chi connectivity index (χ4n) is 2.32. The molecule has 1 saturated heterocycles. The van der Waals surface area contributed by atoms with E-state index in [1.165, 1.54) is 0 Å². The number of hydrogen-bond donors (Lipinski definition) is 2. The van der Waals surface area contributed by atoms with E-state index in [2.05, 4.69) is 26.1 Å². The Morgan fingerprint density at radius 3 is 2.74 bits per heavy atom. The Hall–Kier alpha value is -0.910. The minimum atomic E-state index is 0.0352. The van der Waals surface area contributed by atoms with Crippen LogP contribution >= 0.6 is 15.9 Å². The molecule has 1 amide bonds. The third-order valence-electron chi connectivity index (χ3n) is 3.33. The highest BCUT2D eigenvalue weighted by Gasteiger charge is 2.18. The molecule has 0 aliphatic carbocycles. The molecule has 0 atom stereocenters. The lowest BCUT2D eigenvalue weighted by molar-refractivity contribution is -0.117. The largest absolute Gasteiger partial charge is 0.328 e. The Kier molecular flexibility index (Phi) is 4.96. The average Bonchev–Trinajstić information content (AvgIpc) is 2.30. The van der Waals surface area contributed by atoms with Gasteiger partial charge in [0.25, 0.3) is 0 Å². The number of nitrogens with two attached hydrogens (primary N) is 1. The summed E-state index contributed by atoms with van der Waals surface area (Å²) >= 11 is 3.43. The van der Waals surface area contributed by atoms with Gasteiger partial charge in [-0.3, -0.25) is 9.69 Å². The van der Waals surface area contributed by atoms with E-state index in [9.17, 15) is 4.79 Å². The van der Waals surface area contributed by atoms with Gasteiger partial charge in [0.2, 0.25) is 5.91 Å². The van der Waals surface area contributed by atoms with Gasteiger partial charge in [-0.2, -0.15) is 0 Å². The molecule has 0 aromatic heterocycles. The second-order valence-electron chi connectivity index (χ2n) is 5.18. The molecule has 2 rings (SSSR count). The van der Waals surface area contributed by atoms with Gasteiger partial charge in [-0.05, 0) is 43.5 Å². The number of aryl methyl sites for hydroxylation is 1. The van der Waals surface area contributed by atoms with Crippen molar-refractivity contribution in [3.63, 3.8) is 0 Å². The molecule has 1 aromatic carbocycles. The number of benzene rings is 1. The molecular weight excluding hydrogens is 306 g/mol. The van der Waals surface area contributed by atoms with Crippen LogP contribution in [0.4, 0.5) is 5.69 Å². The van der Waals surface area contributed by atoms with Crippen LogP contribution in [0.2, 0.25) is 0 Å². The Morgan fingerprint density at radius 2 is 2.11 bits per heavy atom. The summed E-state index contributed by atoms with van der Waals surface area (Å²) in [6, 6.07) is 6.19. The number of amides is 1. The van der Waals surface area contributed by atoms with Crippen LogP contribution in [0.25, 0.3) is 0 Å². The molecule has 1 aromatic rings. The van der Waals surface area contributed by atoms with Gasteiger partial charge in [0.05, 0.1) is 6.54 Å². The summed E-state index contributed by atoms with van der Waals surface area (Å²) in [5, 5.41) is 2.94. The van der Waals surface area contributed by atoms with Crippen molar-refractivity contribution in [2.75, 3.05) is 25.0 Å². The van der Waals surface area contributed by atoms with Crippen LogP contribution in [0.5, 0.6) is 0 Å². The lowest BCUT2D eigenvalue weighted by atomic mass is 10.1. The summed E-state index contributed by atoms with van der Waals surface area (Å²) in [6.45, 7) is 4.27. The first-order chi connectivity index (χ1) is 9.02. The van der Waals surface area contributed by atoms with Crippen LogP contribution in [0.3, 0.4) is 0 Å². The second kappa shape index (κ2) is 6.50. The molecule has 0 radical (unpaired) electrons. The smallest absolute Gasteiger partial charge is 0.238 e. The zero-order valence-electron chi connectivity index (χ0n) is 11.2. The van der Waals surface area contributed by atoms with Gasteiger partial charge < -0.3 is 11.1 Å². The summed E-state index contributed by atoms with van der Waals surface area (Å²) in [5.74, 6) is 0.0352. The van der Waals surface area contributed by atoms with Crippen LogP contribution in [-0.2, 0) is 4.79 Å². The number of anilines is 1. The van der Waals surface area contributed by atoms with E-state index in [-0.39, 0.29) is 5.91 Å². The first-order valence-electron chi connectivity index (χ1n) is 6.58. The minimum Gasteiger partial charge on any atom is -0.328 e. The van der Waals surface area contributed by atoms with E-state index in [1.54, 1.807) is 0 Å². The standard InChI is InChI=1S/C14H20BrN3O/c1-10-6-11(15)8-13(7-10)17-14(19)9-18-4-2-12(16)3-5-18/h6-8,12H,2-5,9,16H2,1H3,(H,17,19). The van der Waals surface area contributed by atoms with E-state index in [1.807, 2.05) is 25.1 Å². The molecule has 0 saturated carbocycles. The fraction of sp³-hybridized carbons (Fsp3) is 0.500. The van der Waals surface area contributed by atoms with Crippen molar-refractivity contribution in [1.29, 1.82) is 0 Å². The normalized spacial score (nSPS) is 17.4. The van der Waals surface area contributed by atoms with Gasteiger partial charge in [-0.25, -0.2) is 0 Å². The molecular formula is C14H20BrN3O. The Balaban J connectivity index is 1.87. The van der Waals surface area contributed by atoms with Crippen molar-refractivity contribution in [2.24, 2.45) is 5.73 Å². The lowest BCUT2D eigenvalue weighted by Crippen LogP contribution is -2.43. The van der Waals surface area contributed by atoms with E-state index >= 15 is 0 Å². The molecule has 0 unspecified atom stereocenters. The van der Waals surface area contributed by atoms with Gasteiger partial charge in [-0.1, -0.05) is 15.9 Å². The lowest BCUT2D eigenvalue weighted by Gasteiger charge is -2.29. The van der Waals surface area contributed by atoms with Crippen LogP contribution in [-0.4, -0.2) is 36.5 Å². The Labute approximate surface area is 122 Å². The number of likely N-dealkylation sites (tertiary alicyclic amines) is 1. The summed E-state index contributed by atoms with van der Waals surface area (Å²) in [6.07, 6.45) is 1.95. The number of rotatable bonds is 3. The maximum atomic E-state index is 12.0. The van der Waals surface area contributed by atoms with E-state index in [4.69, 9.17) is 5.73 Å². The summed E-state index contributed by atoms with van der Waals surface area (Å²) in [5.41, 5.74) is 7.81. The van der Waals surface area contributed by atoms with E-state index in [0.717, 1.165) is 41.7 Å². The number of piperidine rings is 1. The van der Waals surface area contributed by atoms with Gasteiger partial charge in [0.1, 0.15) is 0 Å². The van der Waals surface area contributed by atoms with Gasteiger partial charge >= 0.3 is 0 Å². The fourth-order valence-corrected chi connectivity index (χ4v) is 2.93. The van der Waals surface area contributed by atoms with Crippen LogP contribution in [0, 0.1) is 6.92 Å². The number of hydrogen-bond acceptors (Lipinski definition) is 3. The highest BCUT2D eigenvalue weighted by atomic mass is 79.9. The first kappa shape index (κ1) is 14.5. The third kappa shape index (κ3) is 4.60. The minimum absolute atomic E-state index is 0.0352. The topological polar surface area (TPSA) is 58.4 Å². The number of nitrogens with one attached hydrogen (secondary N) is 1. The molecule has 0 spiro atoms. The SMILES string of the molecule is Cc1cc(Br)cc(NC(=O)CN2CCC(N)CC2)c1. The summed E-state index contributed by atoms with van der Waals surface area (Å²) in [4.78, 5) is 14.1. The molecule has 1 aliphatic heterocycles. The monoisotopic (exact) mass is 325 g/mol. The van der Waals surface area contributed by atoms with Crippen LogP contribution < -0.4 is 11.1 Å². The predicted molar refractivity (Wildman–Crippen MR) is 81.2 cm³/mol. The van der Waals surface area contributed by atoms with E-state index < -0.39 is 0 Å². The Bertz CT molecular complexity index is 436. The highest BCUT2D eigenvalue weighted by molar-refractivity contribution is 9.10. The third-order valence-corrected chi connectivity index (χ3v) is 3.78. The van der Waals surface area contributed by atoms with Gasteiger partial charge in [0.15, 0.2) is 0 Å². The number of nitrogens with zero attached hydrogens (tertiary/aromatic N) is 1. The van der Waals surface area contributed by atoms with Crippen molar-refractivity contribution in [2.45, 2.75) is 25.8 Å². The molecule has 0 bridgehead atoms. The van der Waals surface area contributed by atoms with E-state index in [0.29, 0.717) is 12.6 Å². The van der Waals surface area contributed by atoms with Crippen LogP contribution in [0.15, 0.2) is 22.7 Å². The molecule has 5 heteroatoms.